The SMILES string of the molecule is NC(N)=NCCC[C@H](N)C(=O)N[C@@H](CCC(=O)O)C(=O)N[C@@H](Cc1ccccc1)C(=O)O. The maximum absolute atomic E-state index is 12.7. The van der Waals surface area contributed by atoms with E-state index in [1.807, 2.05) is 0 Å². The fourth-order valence-electron chi connectivity index (χ4n) is 2.79. The van der Waals surface area contributed by atoms with Crippen molar-refractivity contribution in [1.29, 1.82) is 0 Å². The second kappa shape index (κ2) is 13.6. The summed E-state index contributed by atoms with van der Waals surface area (Å²) in [4.78, 5) is 51.4. The van der Waals surface area contributed by atoms with Gasteiger partial charge in [-0.25, -0.2) is 4.79 Å². The average Bonchev–Trinajstić information content (AvgIpc) is 2.73. The van der Waals surface area contributed by atoms with Crippen LogP contribution in [-0.4, -0.2) is 64.6 Å². The second-order valence-corrected chi connectivity index (χ2v) is 7.14. The van der Waals surface area contributed by atoms with Crippen molar-refractivity contribution in [3.63, 3.8) is 0 Å². The molecule has 0 aliphatic carbocycles. The largest absolute Gasteiger partial charge is 0.481 e. The van der Waals surface area contributed by atoms with E-state index < -0.39 is 48.3 Å². The van der Waals surface area contributed by atoms with E-state index >= 15 is 0 Å². The molecule has 0 bridgehead atoms. The second-order valence-electron chi connectivity index (χ2n) is 7.14. The van der Waals surface area contributed by atoms with Crippen LogP contribution < -0.4 is 27.8 Å². The molecule has 176 valence electrons. The molecule has 0 aromatic heterocycles. The lowest BCUT2D eigenvalue weighted by Gasteiger charge is -2.22. The number of amides is 2. The Hall–Kier alpha value is -3.67. The summed E-state index contributed by atoms with van der Waals surface area (Å²) in [6, 6.07) is 5.17. The number of nitrogens with one attached hydrogen (secondary N) is 2. The number of guanidine groups is 1. The van der Waals surface area contributed by atoms with Crippen molar-refractivity contribution in [3.8, 4) is 0 Å². The molecule has 2 amide bonds. The van der Waals surface area contributed by atoms with Crippen LogP contribution in [0.1, 0.15) is 31.2 Å². The summed E-state index contributed by atoms with van der Waals surface area (Å²) < 4.78 is 0. The van der Waals surface area contributed by atoms with Crippen LogP contribution in [0.15, 0.2) is 35.3 Å². The molecule has 3 atom stereocenters. The molecule has 0 saturated carbocycles. The Kier molecular flexibility index (Phi) is 11.2. The van der Waals surface area contributed by atoms with E-state index in [9.17, 15) is 24.3 Å². The van der Waals surface area contributed by atoms with Crippen molar-refractivity contribution in [2.75, 3.05) is 6.54 Å². The van der Waals surface area contributed by atoms with Crippen molar-refractivity contribution in [2.24, 2.45) is 22.2 Å². The summed E-state index contributed by atoms with van der Waals surface area (Å²) in [5.41, 5.74) is 17.0. The first-order valence-electron chi connectivity index (χ1n) is 10.0. The highest BCUT2D eigenvalue weighted by Gasteiger charge is 2.28. The quantitative estimate of drug-likeness (QED) is 0.0996. The van der Waals surface area contributed by atoms with Crippen LogP contribution in [0, 0.1) is 0 Å². The number of rotatable bonds is 14. The molecule has 0 heterocycles. The van der Waals surface area contributed by atoms with Gasteiger partial charge in [-0.1, -0.05) is 30.3 Å². The zero-order valence-corrected chi connectivity index (χ0v) is 17.6. The third-order valence-corrected chi connectivity index (χ3v) is 4.48. The Labute approximate surface area is 185 Å². The molecule has 1 aromatic rings. The Bertz CT molecular complexity index is 812. The van der Waals surface area contributed by atoms with E-state index in [2.05, 4.69) is 15.6 Å². The lowest BCUT2D eigenvalue weighted by atomic mass is 10.0. The zero-order valence-electron chi connectivity index (χ0n) is 17.6. The normalized spacial score (nSPS) is 13.3. The summed E-state index contributed by atoms with van der Waals surface area (Å²) in [6.07, 6.45) is 0.0178. The Morgan fingerprint density at radius 1 is 0.938 bits per heavy atom. The molecule has 12 nitrogen and oxygen atoms in total. The molecule has 0 saturated heterocycles. The van der Waals surface area contributed by atoms with Gasteiger partial charge in [0.15, 0.2) is 5.96 Å². The molecule has 10 N–H and O–H groups in total. The van der Waals surface area contributed by atoms with Gasteiger partial charge in [0.1, 0.15) is 12.1 Å². The van der Waals surface area contributed by atoms with Crippen LogP contribution in [0.5, 0.6) is 0 Å². The van der Waals surface area contributed by atoms with Crippen LogP contribution in [-0.2, 0) is 25.6 Å². The third kappa shape index (κ3) is 10.4. The van der Waals surface area contributed by atoms with Gasteiger partial charge in [0.25, 0.3) is 0 Å². The van der Waals surface area contributed by atoms with Gasteiger partial charge >= 0.3 is 11.9 Å². The topological polar surface area (TPSA) is 223 Å². The zero-order chi connectivity index (χ0) is 24.1. The highest BCUT2D eigenvalue weighted by Crippen LogP contribution is 2.06. The Balaban J connectivity index is 2.78. The van der Waals surface area contributed by atoms with Crippen LogP contribution in [0.25, 0.3) is 0 Å². The van der Waals surface area contributed by atoms with E-state index in [0.717, 1.165) is 0 Å². The number of benzene rings is 1. The molecule has 1 rings (SSSR count). The molecule has 0 aliphatic heterocycles. The van der Waals surface area contributed by atoms with Crippen LogP contribution in [0.4, 0.5) is 0 Å². The smallest absolute Gasteiger partial charge is 0.326 e. The highest BCUT2D eigenvalue weighted by molar-refractivity contribution is 5.92. The molecule has 0 unspecified atom stereocenters. The molecule has 0 spiro atoms. The number of aliphatic imine (C=N–C) groups is 1. The number of aliphatic carboxylic acids is 2. The lowest BCUT2D eigenvalue weighted by molar-refractivity contribution is -0.143. The molecule has 0 radical (unpaired) electrons. The van der Waals surface area contributed by atoms with Gasteiger partial charge in [0.05, 0.1) is 6.04 Å². The predicted molar refractivity (Wildman–Crippen MR) is 116 cm³/mol. The van der Waals surface area contributed by atoms with Crippen molar-refractivity contribution in [2.45, 2.75) is 50.2 Å². The number of hydrogen-bond acceptors (Lipinski definition) is 6. The minimum atomic E-state index is -1.26. The third-order valence-electron chi connectivity index (χ3n) is 4.48. The first kappa shape index (κ1) is 26.4. The number of nitrogens with two attached hydrogens (primary N) is 3. The number of carbonyl (C=O) groups excluding carboxylic acids is 2. The van der Waals surface area contributed by atoms with Gasteiger partial charge in [-0.2, -0.15) is 0 Å². The summed E-state index contributed by atoms with van der Waals surface area (Å²) in [5.74, 6) is -4.00. The summed E-state index contributed by atoms with van der Waals surface area (Å²) in [6.45, 7) is 0.270. The monoisotopic (exact) mass is 450 g/mol. The maximum atomic E-state index is 12.7. The highest BCUT2D eigenvalue weighted by atomic mass is 16.4. The first-order chi connectivity index (χ1) is 15.1. The van der Waals surface area contributed by atoms with Crippen molar-refractivity contribution < 1.29 is 29.4 Å². The fraction of sp³-hybridized carbons (Fsp3) is 0.450. The van der Waals surface area contributed by atoms with E-state index in [0.29, 0.717) is 12.0 Å². The van der Waals surface area contributed by atoms with Crippen LogP contribution in [0.3, 0.4) is 0 Å². The van der Waals surface area contributed by atoms with E-state index in [1.54, 1.807) is 30.3 Å². The van der Waals surface area contributed by atoms with Gasteiger partial charge in [-0.3, -0.25) is 19.4 Å². The van der Waals surface area contributed by atoms with Crippen molar-refractivity contribution in [3.05, 3.63) is 35.9 Å². The molecular weight excluding hydrogens is 420 g/mol. The molecule has 12 heteroatoms. The van der Waals surface area contributed by atoms with Gasteiger partial charge < -0.3 is 38.0 Å². The number of hydrogen-bond donors (Lipinski definition) is 7. The van der Waals surface area contributed by atoms with E-state index in [-0.39, 0.29) is 31.8 Å². The number of carboxylic acid groups (broad SMARTS) is 2. The van der Waals surface area contributed by atoms with Gasteiger partial charge in [0.2, 0.25) is 11.8 Å². The number of nitrogens with zero attached hydrogens (tertiary/aromatic N) is 1. The molecular formula is C20H30N6O6. The number of carboxylic acids is 2. The summed E-state index contributed by atoms with van der Waals surface area (Å²) in [7, 11) is 0. The maximum Gasteiger partial charge on any atom is 0.326 e. The standard InChI is InChI=1S/C20H30N6O6/c21-13(7-4-10-24-20(22)23)17(29)25-14(8-9-16(27)28)18(30)26-15(19(31)32)11-12-5-2-1-3-6-12/h1-3,5-6,13-15H,4,7-11,21H2,(H,25,29)(H,26,30)(H,27,28)(H,31,32)(H4,22,23,24)/t13-,14-,15-/m0/s1. The van der Waals surface area contributed by atoms with Gasteiger partial charge in [-0.15, -0.1) is 0 Å². The lowest BCUT2D eigenvalue weighted by Crippen LogP contribution is -2.55. The van der Waals surface area contributed by atoms with E-state index in [4.69, 9.17) is 22.3 Å². The minimum absolute atomic E-state index is 0.0197. The molecule has 0 fully saturated rings. The Morgan fingerprint density at radius 3 is 2.12 bits per heavy atom. The van der Waals surface area contributed by atoms with Crippen LogP contribution in [0.2, 0.25) is 0 Å². The van der Waals surface area contributed by atoms with Gasteiger partial charge in [-0.05, 0) is 24.8 Å². The average molecular weight is 450 g/mol. The van der Waals surface area contributed by atoms with E-state index in [1.165, 1.54) is 0 Å². The fourth-order valence-corrected chi connectivity index (χ4v) is 2.79. The van der Waals surface area contributed by atoms with Gasteiger partial charge in [0, 0.05) is 19.4 Å². The number of carbonyl (C=O) groups is 4. The summed E-state index contributed by atoms with van der Waals surface area (Å²) in [5, 5.41) is 23.2. The van der Waals surface area contributed by atoms with Crippen molar-refractivity contribution >= 4 is 29.7 Å². The molecule has 1 aromatic carbocycles. The molecule has 32 heavy (non-hydrogen) atoms. The predicted octanol–water partition coefficient (Wildman–Crippen LogP) is -1.47. The molecule has 0 aliphatic rings. The first-order valence-corrected chi connectivity index (χ1v) is 10.0. The summed E-state index contributed by atoms with van der Waals surface area (Å²) >= 11 is 0. The van der Waals surface area contributed by atoms with Crippen LogP contribution >= 0.6 is 0 Å². The minimum Gasteiger partial charge on any atom is -0.481 e. The van der Waals surface area contributed by atoms with Crippen molar-refractivity contribution in [1.82, 2.24) is 10.6 Å². The Morgan fingerprint density at radius 2 is 1.56 bits per heavy atom.